The van der Waals surface area contributed by atoms with E-state index in [0.29, 0.717) is 5.06 Å². The van der Waals surface area contributed by atoms with Crippen molar-refractivity contribution in [3.63, 3.8) is 0 Å². The summed E-state index contributed by atoms with van der Waals surface area (Å²) >= 11 is 0. The molecular weight excluding hydrogens is 150 g/mol. The van der Waals surface area contributed by atoms with Crippen molar-refractivity contribution in [2.75, 3.05) is 6.54 Å². The number of hydroxylamine groups is 2. The number of piperidine rings is 1. The van der Waals surface area contributed by atoms with E-state index in [1.807, 2.05) is 0 Å². The predicted octanol–water partition coefficient (Wildman–Crippen LogP) is -0.506. The van der Waals surface area contributed by atoms with Gasteiger partial charge in [-0.1, -0.05) is 0 Å². The lowest BCUT2D eigenvalue weighted by Crippen LogP contribution is -2.45. The van der Waals surface area contributed by atoms with E-state index in [1.54, 1.807) is 0 Å². The zero-order valence-electron chi connectivity index (χ0n) is 5.86. The van der Waals surface area contributed by atoms with E-state index < -0.39 is 12.0 Å². The Hall–Kier alpha value is -0.940. The number of carboxylic acid groups (broad SMARTS) is 1. The van der Waals surface area contributed by atoms with Gasteiger partial charge in [0.1, 0.15) is 11.8 Å². The van der Waals surface area contributed by atoms with Crippen LogP contribution in [0.15, 0.2) is 0 Å². The van der Waals surface area contributed by atoms with Crippen molar-refractivity contribution in [2.24, 2.45) is 0 Å². The lowest BCUT2D eigenvalue weighted by molar-refractivity contribution is -0.179. The topological polar surface area (TPSA) is 77.8 Å². The number of carbonyl (C=O) groups excluding carboxylic acids is 1. The number of hydrogen-bond donors (Lipinski definition) is 2. The third-order valence-corrected chi connectivity index (χ3v) is 1.69. The molecule has 0 amide bonds. The van der Waals surface area contributed by atoms with Crippen LogP contribution < -0.4 is 0 Å². The average Bonchev–Trinajstić information content (AvgIpc) is 1.94. The van der Waals surface area contributed by atoms with Gasteiger partial charge < -0.3 is 10.3 Å². The van der Waals surface area contributed by atoms with E-state index in [1.165, 1.54) is 0 Å². The lowest BCUT2D eigenvalue weighted by atomic mass is 10.0. The number of carbonyl (C=O) groups is 2. The quantitative estimate of drug-likeness (QED) is 0.539. The van der Waals surface area contributed by atoms with Gasteiger partial charge in [0.25, 0.3) is 0 Å². The van der Waals surface area contributed by atoms with E-state index in [9.17, 15) is 9.59 Å². The first-order valence-electron chi connectivity index (χ1n) is 3.31. The Kier molecular flexibility index (Phi) is 2.21. The number of hydrogen-bond acceptors (Lipinski definition) is 4. The van der Waals surface area contributed by atoms with Crippen LogP contribution in [-0.4, -0.2) is 39.7 Å². The molecule has 1 atom stereocenters. The number of carboxylic acids is 1. The SMILES string of the molecule is O=C1CCN(O)C(C(=O)O)C1. The van der Waals surface area contributed by atoms with E-state index in [-0.39, 0.29) is 25.2 Å². The highest BCUT2D eigenvalue weighted by Gasteiger charge is 2.31. The standard InChI is InChI=1S/C6H9NO4/c8-4-1-2-7(11)5(3-4)6(9)10/h5,11H,1-3H2,(H,9,10). The molecule has 0 aromatic heterocycles. The molecule has 0 aromatic rings. The van der Waals surface area contributed by atoms with Crippen LogP contribution in [0.3, 0.4) is 0 Å². The van der Waals surface area contributed by atoms with E-state index >= 15 is 0 Å². The second kappa shape index (κ2) is 2.98. The maximum absolute atomic E-state index is 10.7. The fourth-order valence-electron chi connectivity index (χ4n) is 1.03. The van der Waals surface area contributed by atoms with Gasteiger partial charge in [-0.2, -0.15) is 5.06 Å². The number of rotatable bonds is 1. The third kappa shape index (κ3) is 1.75. The van der Waals surface area contributed by atoms with Crippen LogP contribution in [-0.2, 0) is 9.59 Å². The second-order valence-electron chi connectivity index (χ2n) is 2.51. The smallest absolute Gasteiger partial charge is 0.323 e. The summed E-state index contributed by atoms with van der Waals surface area (Å²) < 4.78 is 0. The Labute approximate surface area is 63.2 Å². The molecule has 0 radical (unpaired) electrons. The first-order valence-corrected chi connectivity index (χ1v) is 3.31. The molecule has 2 N–H and O–H groups in total. The average molecular weight is 159 g/mol. The van der Waals surface area contributed by atoms with Crippen LogP contribution in [0.1, 0.15) is 12.8 Å². The minimum absolute atomic E-state index is 0.0914. The number of aliphatic carboxylic acids is 1. The Morgan fingerprint density at radius 1 is 1.64 bits per heavy atom. The van der Waals surface area contributed by atoms with Crippen molar-refractivity contribution in [1.29, 1.82) is 0 Å². The summed E-state index contributed by atoms with van der Waals surface area (Å²) in [4.78, 5) is 21.1. The Morgan fingerprint density at radius 3 is 2.73 bits per heavy atom. The zero-order valence-corrected chi connectivity index (χ0v) is 5.86. The van der Waals surface area contributed by atoms with Gasteiger partial charge >= 0.3 is 5.97 Å². The molecule has 0 bridgehead atoms. The van der Waals surface area contributed by atoms with Gasteiger partial charge in [0, 0.05) is 19.4 Å². The third-order valence-electron chi connectivity index (χ3n) is 1.69. The maximum Gasteiger partial charge on any atom is 0.323 e. The predicted molar refractivity (Wildman–Crippen MR) is 34.2 cm³/mol. The van der Waals surface area contributed by atoms with Crippen LogP contribution in [0.4, 0.5) is 0 Å². The van der Waals surface area contributed by atoms with Crippen molar-refractivity contribution in [3.8, 4) is 0 Å². The minimum atomic E-state index is -1.15. The van der Waals surface area contributed by atoms with Gasteiger partial charge in [-0.3, -0.25) is 9.59 Å². The molecule has 0 spiro atoms. The molecule has 0 aliphatic carbocycles. The molecule has 0 saturated carbocycles. The molecule has 1 aliphatic rings. The summed E-state index contributed by atoms with van der Waals surface area (Å²) in [6, 6.07) is -1.05. The first kappa shape index (κ1) is 8.16. The number of ketones is 1. The molecule has 1 aliphatic heterocycles. The van der Waals surface area contributed by atoms with Crippen molar-refractivity contribution in [2.45, 2.75) is 18.9 Å². The fourth-order valence-corrected chi connectivity index (χ4v) is 1.03. The molecule has 1 rings (SSSR count). The number of nitrogens with zero attached hydrogens (tertiary/aromatic N) is 1. The van der Waals surface area contributed by atoms with Crippen LogP contribution in [0, 0.1) is 0 Å². The van der Waals surface area contributed by atoms with Gasteiger partial charge in [0.2, 0.25) is 0 Å². The van der Waals surface area contributed by atoms with Gasteiger partial charge in [-0.25, -0.2) is 0 Å². The molecule has 1 fully saturated rings. The van der Waals surface area contributed by atoms with Gasteiger partial charge in [0.15, 0.2) is 0 Å². The maximum atomic E-state index is 10.7. The number of Topliss-reactive ketones (excluding diaryl/α,β-unsaturated/α-hetero) is 1. The van der Waals surface area contributed by atoms with E-state index in [2.05, 4.69) is 0 Å². The minimum Gasteiger partial charge on any atom is -0.480 e. The summed E-state index contributed by atoms with van der Waals surface area (Å²) in [5.74, 6) is -1.26. The van der Waals surface area contributed by atoms with Crippen molar-refractivity contribution < 1.29 is 19.9 Å². The Bertz CT molecular complexity index is 191. The lowest BCUT2D eigenvalue weighted by Gasteiger charge is -2.25. The largest absolute Gasteiger partial charge is 0.480 e. The first-order chi connectivity index (χ1) is 5.11. The Morgan fingerprint density at radius 2 is 2.27 bits per heavy atom. The van der Waals surface area contributed by atoms with E-state index in [0.717, 1.165) is 0 Å². The molecule has 1 saturated heterocycles. The summed E-state index contributed by atoms with van der Waals surface area (Å²) in [7, 11) is 0. The molecule has 62 valence electrons. The molecule has 0 aromatic carbocycles. The molecule has 1 heterocycles. The van der Waals surface area contributed by atoms with E-state index in [4.69, 9.17) is 10.3 Å². The van der Waals surface area contributed by atoms with Gasteiger partial charge in [-0.15, -0.1) is 0 Å². The summed E-state index contributed by atoms with van der Waals surface area (Å²) in [5.41, 5.74) is 0. The van der Waals surface area contributed by atoms with Gasteiger partial charge in [0.05, 0.1) is 0 Å². The Balaban J connectivity index is 2.61. The second-order valence-corrected chi connectivity index (χ2v) is 2.51. The zero-order chi connectivity index (χ0) is 8.43. The molecule has 5 heteroatoms. The normalized spacial score (nSPS) is 27.0. The highest BCUT2D eigenvalue weighted by atomic mass is 16.5. The highest BCUT2D eigenvalue weighted by Crippen LogP contribution is 2.11. The molecule has 5 nitrogen and oxygen atoms in total. The summed E-state index contributed by atoms with van der Waals surface area (Å²) in [6.45, 7) is 0.121. The monoisotopic (exact) mass is 159 g/mol. The van der Waals surface area contributed by atoms with Crippen LogP contribution in [0.2, 0.25) is 0 Å². The molecule has 11 heavy (non-hydrogen) atoms. The summed E-state index contributed by atoms with van der Waals surface area (Å²) in [5, 5.41) is 18.1. The van der Waals surface area contributed by atoms with Crippen LogP contribution in [0.25, 0.3) is 0 Å². The molecule has 1 unspecified atom stereocenters. The van der Waals surface area contributed by atoms with Crippen molar-refractivity contribution >= 4 is 11.8 Å². The van der Waals surface area contributed by atoms with Crippen LogP contribution in [0.5, 0.6) is 0 Å². The van der Waals surface area contributed by atoms with Gasteiger partial charge in [-0.05, 0) is 0 Å². The van der Waals surface area contributed by atoms with Crippen molar-refractivity contribution in [1.82, 2.24) is 5.06 Å². The molecular formula is C6H9NO4. The van der Waals surface area contributed by atoms with Crippen molar-refractivity contribution in [3.05, 3.63) is 0 Å². The fraction of sp³-hybridized carbons (Fsp3) is 0.667. The van der Waals surface area contributed by atoms with Crippen LogP contribution >= 0.6 is 0 Å². The highest BCUT2D eigenvalue weighted by molar-refractivity contribution is 5.86. The summed E-state index contributed by atoms with van der Waals surface area (Å²) in [6.07, 6.45) is 0.145.